The molecule has 19 nitrogen and oxygen atoms in total. The first-order valence-electron chi connectivity index (χ1n) is 31.1. The van der Waals surface area contributed by atoms with E-state index in [9.17, 15) is 59.1 Å². The summed E-state index contributed by atoms with van der Waals surface area (Å²) in [5.74, 6) is -2.42. The highest BCUT2D eigenvalue weighted by molar-refractivity contribution is 6.01. The molecule has 1 heterocycles. The number of para-hydroxylation sites is 1. The largest absolute Gasteiger partial charge is 0.505 e. The smallest absolute Gasteiger partial charge is 0.332 e. The van der Waals surface area contributed by atoms with Gasteiger partial charge in [0.15, 0.2) is 17.9 Å². The molecule has 7 N–H and O–H groups in total. The molecule has 0 aliphatic carbocycles. The molecule has 84 heavy (non-hydrogen) atoms. The van der Waals surface area contributed by atoms with Crippen LogP contribution in [0.1, 0.15) is 245 Å². The van der Waals surface area contributed by atoms with Crippen molar-refractivity contribution in [2.45, 2.75) is 283 Å². The Hall–Kier alpha value is -5.55. The average molecular weight is 1190 g/mol. The van der Waals surface area contributed by atoms with Crippen LogP contribution in [0.5, 0.6) is 5.75 Å². The van der Waals surface area contributed by atoms with Crippen LogP contribution in [0.3, 0.4) is 0 Å². The highest BCUT2D eigenvalue weighted by Crippen LogP contribution is 2.29. The van der Waals surface area contributed by atoms with Crippen LogP contribution in [0.4, 0.5) is 5.69 Å². The minimum absolute atomic E-state index is 0.00114. The SMILES string of the molecule is C#CCCCCCCCCCCCC(O)CC(O)COC(C)=O.C=CCCCCCCCCCCCC(O)CC(O)COC(C)=O.CCCCCC1C(=O)OC(C)C(NC(=O)c2cccc(NC=O)c2O)C(=O)OC(C)C1OC(=O)CC(C)C. The van der Waals surface area contributed by atoms with Gasteiger partial charge in [0.05, 0.1) is 41.6 Å². The van der Waals surface area contributed by atoms with Gasteiger partial charge in [0.25, 0.3) is 5.91 Å². The molecule has 0 saturated carbocycles. The Morgan fingerprint density at radius 1 is 0.702 bits per heavy atom. The highest BCUT2D eigenvalue weighted by atomic mass is 16.6. The summed E-state index contributed by atoms with van der Waals surface area (Å²) < 4.78 is 26.3. The third kappa shape index (κ3) is 39.9. The number of cyclic esters (lactones) is 2. The summed E-state index contributed by atoms with van der Waals surface area (Å²) in [5.41, 5.74) is -0.215. The molecule has 0 aromatic heterocycles. The van der Waals surface area contributed by atoms with E-state index in [2.05, 4.69) is 23.1 Å². The monoisotopic (exact) mass is 1190 g/mol. The summed E-state index contributed by atoms with van der Waals surface area (Å²) >= 11 is 0. The Balaban J connectivity index is 0.00000130. The average Bonchev–Trinajstić information content (AvgIpc) is 3.77. The van der Waals surface area contributed by atoms with Gasteiger partial charge >= 0.3 is 29.8 Å². The molecule has 1 aliphatic rings. The number of amides is 2. The fraction of sp³-hybridized carbons (Fsp3) is 0.738. The zero-order valence-corrected chi connectivity index (χ0v) is 52.0. The first-order chi connectivity index (χ1) is 40.1. The van der Waals surface area contributed by atoms with Crippen molar-refractivity contribution in [3.8, 4) is 18.1 Å². The number of aliphatic hydroxyl groups excluding tert-OH is 4. The summed E-state index contributed by atoms with van der Waals surface area (Å²) in [5, 5.41) is 53.9. The van der Waals surface area contributed by atoms with Crippen LogP contribution in [-0.4, -0.2) is 130 Å². The number of carbonyl (C=O) groups is 7. The fourth-order valence-corrected chi connectivity index (χ4v) is 9.40. The Kier molecular flexibility index (Phi) is 46.4. The number of phenolic OH excluding ortho intramolecular Hbond substituents is 1. The maximum Gasteiger partial charge on any atom is 0.332 e. The molecule has 2 rings (SSSR count). The number of esters is 5. The van der Waals surface area contributed by atoms with Gasteiger partial charge in [-0.25, -0.2) is 4.79 Å². The zero-order chi connectivity index (χ0) is 63.1. The summed E-state index contributed by atoms with van der Waals surface area (Å²) in [4.78, 5) is 83.9. The molecule has 9 unspecified atom stereocenters. The molecule has 0 spiro atoms. The van der Waals surface area contributed by atoms with Crippen LogP contribution < -0.4 is 10.6 Å². The van der Waals surface area contributed by atoms with E-state index < -0.39 is 96.2 Å². The summed E-state index contributed by atoms with van der Waals surface area (Å²) in [6.07, 6.45) is 30.6. The minimum Gasteiger partial charge on any atom is -0.505 e. The Bertz CT molecular complexity index is 2030. The van der Waals surface area contributed by atoms with E-state index in [4.69, 9.17) is 30.1 Å². The maximum atomic E-state index is 13.3. The number of aromatic hydroxyl groups is 1. The number of terminal acetylenes is 1. The number of nitrogens with one attached hydrogen (secondary N) is 2. The molecule has 9 atom stereocenters. The highest BCUT2D eigenvalue weighted by Gasteiger charge is 2.44. The Labute approximate surface area is 502 Å². The summed E-state index contributed by atoms with van der Waals surface area (Å²) in [6.45, 7) is 15.0. The number of carbonyl (C=O) groups excluding carboxylic acids is 7. The van der Waals surface area contributed by atoms with Gasteiger partial charge in [0.1, 0.15) is 25.4 Å². The van der Waals surface area contributed by atoms with E-state index in [0.717, 1.165) is 57.8 Å². The molecule has 2 amide bonds. The first kappa shape index (κ1) is 78.5. The molecule has 480 valence electrons. The number of hydrogen-bond donors (Lipinski definition) is 7. The lowest BCUT2D eigenvalue weighted by Crippen LogP contribution is -2.50. The van der Waals surface area contributed by atoms with Crippen LogP contribution >= 0.6 is 0 Å². The van der Waals surface area contributed by atoms with E-state index in [1.165, 1.54) is 129 Å². The topological polar surface area (TPSA) is 291 Å². The number of allylic oxidation sites excluding steroid dienone is 1. The van der Waals surface area contributed by atoms with E-state index in [-0.39, 0.29) is 49.6 Å². The number of anilines is 1. The van der Waals surface area contributed by atoms with Gasteiger partial charge in [0.2, 0.25) is 6.41 Å². The van der Waals surface area contributed by atoms with Gasteiger partial charge in [-0.2, -0.15) is 0 Å². The lowest BCUT2D eigenvalue weighted by Gasteiger charge is -2.29. The van der Waals surface area contributed by atoms with Crippen LogP contribution in [0, 0.1) is 24.2 Å². The molecule has 1 aromatic rings. The zero-order valence-electron chi connectivity index (χ0n) is 52.0. The Morgan fingerprint density at radius 3 is 1.65 bits per heavy atom. The van der Waals surface area contributed by atoms with Gasteiger partial charge in [-0.05, 0) is 70.4 Å². The lowest BCUT2D eigenvalue weighted by atomic mass is 9.92. The quantitative estimate of drug-likeness (QED) is 0.00609. The molecule has 1 saturated heterocycles. The van der Waals surface area contributed by atoms with Crippen LogP contribution in [-0.2, 0) is 52.5 Å². The van der Waals surface area contributed by atoms with E-state index in [1.807, 2.05) is 26.8 Å². The predicted octanol–water partition coefficient (Wildman–Crippen LogP) is 10.8. The van der Waals surface area contributed by atoms with Crippen molar-refractivity contribution in [3.05, 3.63) is 36.4 Å². The second-order valence-electron chi connectivity index (χ2n) is 22.5. The molecule has 1 aromatic carbocycles. The number of unbranched alkanes of at least 4 members (excludes halogenated alkanes) is 20. The second-order valence-corrected chi connectivity index (χ2v) is 22.5. The lowest BCUT2D eigenvalue weighted by molar-refractivity contribution is -0.175. The van der Waals surface area contributed by atoms with Gasteiger partial charge in [-0.3, -0.25) is 28.8 Å². The molecular formula is C65H108N2O17. The van der Waals surface area contributed by atoms with E-state index in [1.54, 1.807) is 0 Å². The normalized spacial score (nSPS) is 18.1. The fourth-order valence-electron chi connectivity index (χ4n) is 9.40. The number of phenols is 1. The number of aliphatic hydroxyl groups is 4. The Morgan fingerprint density at radius 2 is 1.19 bits per heavy atom. The minimum atomic E-state index is -1.42. The second kappa shape index (κ2) is 49.7. The van der Waals surface area contributed by atoms with Gasteiger partial charge in [0, 0.05) is 39.5 Å². The maximum absolute atomic E-state index is 13.3. The number of benzene rings is 1. The third-order valence-electron chi connectivity index (χ3n) is 14.1. The first-order valence-corrected chi connectivity index (χ1v) is 31.1. The molecular weight excluding hydrogens is 1080 g/mol. The van der Waals surface area contributed by atoms with Crippen molar-refractivity contribution >= 4 is 47.9 Å². The van der Waals surface area contributed by atoms with Crippen molar-refractivity contribution in [2.24, 2.45) is 11.8 Å². The standard InChI is InChI=1S/C27H38N2O9.C19H36O4.C19H34O4/c1-6-7-8-10-19-24(38-21(31)13-15(2)3)17(5)37-27(35)22(16(4)36-26(19)34)29-25(33)18-11-9-12-20(23(18)32)28-14-30;2*1-3-4-5-6-7-8-9-10-11-12-13-14-18(21)15-19(22)16-23-17(2)20/h9,11-12,14-17,19,22,24,32H,6-8,10,13H2,1-5H3,(H,28,30)(H,29,33);3,18-19,21-22H,1,4-16H2,2H3;1,18-19,21-22H,4-16H2,2H3. The third-order valence-corrected chi connectivity index (χ3v) is 14.1. The number of ether oxygens (including phenoxy) is 5. The van der Waals surface area contributed by atoms with Crippen molar-refractivity contribution in [3.63, 3.8) is 0 Å². The molecule has 19 heteroatoms. The summed E-state index contributed by atoms with van der Waals surface area (Å²) in [7, 11) is 0. The van der Waals surface area contributed by atoms with Crippen LogP contribution in [0.15, 0.2) is 30.9 Å². The van der Waals surface area contributed by atoms with Crippen LogP contribution in [0.2, 0.25) is 0 Å². The molecule has 1 fully saturated rings. The van der Waals surface area contributed by atoms with Gasteiger partial charge in [-0.15, -0.1) is 18.9 Å². The summed E-state index contributed by atoms with van der Waals surface area (Å²) in [6, 6.07) is 2.71. The van der Waals surface area contributed by atoms with Crippen molar-refractivity contribution in [1.29, 1.82) is 0 Å². The predicted molar refractivity (Wildman–Crippen MR) is 324 cm³/mol. The van der Waals surface area contributed by atoms with E-state index >= 15 is 0 Å². The molecule has 0 radical (unpaired) electrons. The molecule has 0 bridgehead atoms. The number of rotatable bonds is 42. The number of hydrogen-bond acceptors (Lipinski definition) is 17. The van der Waals surface area contributed by atoms with Gasteiger partial charge in [-0.1, -0.05) is 155 Å². The van der Waals surface area contributed by atoms with E-state index in [0.29, 0.717) is 32.1 Å². The van der Waals surface area contributed by atoms with Crippen molar-refractivity contribution in [2.75, 3.05) is 18.5 Å². The van der Waals surface area contributed by atoms with Crippen LogP contribution in [0.25, 0.3) is 0 Å². The van der Waals surface area contributed by atoms with Crippen molar-refractivity contribution < 1.29 is 82.8 Å². The van der Waals surface area contributed by atoms with Crippen molar-refractivity contribution in [1.82, 2.24) is 5.32 Å². The molecule has 1 aliphatic heterocycles. The van der Waals surface area contributed by atoms with Gasteiger partial charge < -0.3 is 59.9 Å².